The number of anilines is 1. The standard InChI is InChI=1S/C17H19N3O/c1-2-9-21-13-16-6-4-3-5-15(16)12-20-17-8-7-14(10-18)11-19-17/h3-8,11H,2,9,12-13H2,1H3,(H,19,20). The lowest BCUT2D eigenvalue weighted by Gasteiger charge is -2.11. The summed E-state index contributed by atoms with van der Waals surface area (Å²) < 4.78 is 5.61. The monoisotopic (exact) mass is 281 g/mol. The highest BCUT2D eigenvalue weighted by molar-refractivity contribution is 5.40. The molecule has 1 aromatic carbocycles. The van der Waals surface area contributed by atoms with Crippen LogP contribution in [0.1, 0.15) is 30.0 Å². The average molecular weight is 281 g/mol. The molecule has 2 aromatic rings. The van der Waals surface area contributed by atoms with Gasteiger partial charge in [0.25, 0.3) is 0 Å². The maximum absolute atomic E-state index is 8.75. The smallest absolute Gasteiger partial charge is 0.126 e. The van der Waals surface area contributed by atoms with Crippen LogP contribution in [0, 0.1) is 11.3 Å². The molecule has 0 fully saturated rings. The third kappa shape index (κ3) is 4.59. The topological polar surface area (TPSA) is 57.9 Å². The molecule has 0 saturated heterocycles. The molecule has 4 heteroatoms. The molecule has 4 nitrogen and oxygen atoms in total. The molecule has 0 radical (unpaired) electrons. The van der Waals surface area contributed by atoms with E-state index >= 15 is 0 Å². The Kier molecular flexibility index (Phi) is 5.74. The van der Waals surface area contributed by atoms with Crippen LogP contribution in [0.4, 0.5) is 5.82 Å². The Hall–Kier alpha value is -2.38. The first-order chi connectivity index (χ1) is 10.3. The fraction of sp³-hybridized carbons (Fsp3) is 0.294. The summed E-state index contributed by atoms with van der Waals surface area (Å²) in [6.45, 7) is 4.19. The highest BCUT2D eigenvalue weighted by Gasteiger charge is 2.02. The Morgan fingerprint density at radius 3 is 2.67 bits per heavy atom. The van der Waals surface area contributed by atoms with Gasteiger partial charge in [0, 0.05) is 19.3 Å². The molecule has 0 spiro atoms. The van der Waals surface area contributed by atoms with E-state index < -0.39 is 0 Å². The zero-order chi connectivity index (χ0) is 14.9. The fourth-order valence-electron chi connectivity index (χ4n) is 1.95. The third-order valence-corrected chi connectivity index (χ3v) is 3.08. The number of pyridine rings is 1. The minimum absolute atomic E-state index is 0.564. The first kappa shape index (κ1) is 15.0. The summed E-state index contributed by atoms with van der Waals surface area (Å²) in [5.74, 6) is 0.762. The number of hydrogen-bond acceptors (Lipinski definition) is 4. The summed E-state index contributed by atoms with van der Waals surface area (Å²) in [6.07, 6.45) is 2.59. The van der Waals surface area contributed by atoms with Crippen molar-refractivity contribution in [3.63, 3.8) is 0 Å². The molecular weight excluding hydrogens is 262 g/mol. The molecule has 0 amide bonds. The highest BCUT2D eigenvalue weighted by atomic mass is 16.5. The van der Waals surface area contributed by atoms with Gasteiger partial charge < -0.3 is 10.1 Å². The molecule has 2 rings (SSSR count). The molecule has 21 heavy (non-hydrogen) atoms. The summed E-state index contributed by atoms with van der Waals surface area (Å²) >= 11 is 0. The van der Waals surface area contributed by atoms with Crippen molar-refractivity contribution in [3.05, 3.63) is 59.3 Å². The quantitative estimate of drug-likeness (QED) is 0.789. The average Bonchev–Trinajstić information content (AvgIpc) is 2.54. The van der Waals surface area contributed by atoms with Crippen molar-refractivity contribution in [1.29, 1.82) is 5.26 Å². The van der Waals surface area contributed by atoms with Crippen LogP contribution in [0.15, 0.2) is 42.6 Å². The number of nitrogens with zero attached hydrogens (tertiary/aromatic N) is 2. The van der Waals surface area contributed by atoms with E-state index in [2.05, 4.69) is 35.4 Å². The van der Waals surface area contributed by atoms with E-state index in [4.69, 9.17) is 10.00 Å². The second-order valence-corrected chi connectivity index (χ2v) is 4.72. The van der Waals surface area contributed by atoms with Gasteiger partial charge in [0.2, 0.25) is 0 Å². The molecule has 1 aromatic heterocycles. The van der Waals surface area contributed by atoms with E-state index in [1.165, 1.54) is 11.1 Å². The Morgan fingerprint density at radius 2 is 2.00 bits per heavy atom. The minimum Gasteiger partial charge on any atom is -0.377 e. The van der Waals surface area contributed by atoms with Crippen molar-refractivity contribution in [1.82, 2.24) is 4.98 Å². The maximum atomic E-state index is 8.75. The summed E-state index contributed by atoms with van der Waals surface area (Å²) in [5.41, 5.74) is 2.95. The predicted molar refractivity (Wildman–Crippen MR) is 82.7 cm³/mol. The normalized spacial score (nSPS) is 10.1. The zero-order valence-corrected chi connectivity index (χ0v) is 12.2. The lowest BCUT2D eigenvalue weighted by atomic mass is 10.1. The first-order valence-electron chi connectivity index (χ1n) is 7.08. The summed E-state index contributed by atoms with van der Waals surface area (Å²) in [4.78, 5) is 4.20. The largest absolute Gasteiger partial charge is 0.377 e. The molecule has 108 valence electrons. The van der Waals surface area contributed by atoms with Gasteiger partial charge in [-0.1, -0.05) is 31.2 Å². The SMILES string of the molecule is CCCOCc1ccccc1CNc1ccc(C#N)cn1. The van der Waals surface area contributed by atoms with Crippen LogP contribution < -0.4 is 5.32 Å². The molecule has 0 unspecified atom stereocenters. The van der Waals surface area contributed by atoms with E-state index in [1.54, 1.807) is 12.3 Å². The van der Waals surface area contributed by atoms with Gasteiger partial charge in [-0.3, -0.25) is 0 Å². The van der Waals surface area contributed by atoms with Gasteiger partial charge >= 0.3 is 0 Å². The molecule has 0 bridgehead atoms. The van der Waals surface area contributed by atoms with Gasteiger partial charge in [-0.05, 0) is 29.7 Å². The molecule has 1 N–H and O–H groups in total. The van der Waals surface area contributed by atoms with Crippen molar-refractivity contribution >= 4 is 5.82 Å². The van der Waals surface area contributed by atoms with Gasteiger partial charge in [-0.2, -0.15) is 5.26 Å². The summed E-state index contributed by atoms with van der Waals surface area (Å²) in [6, 6.07) is 13.8. The second-order valence-electron chi connectivity index (χ2n) is 4.72. The van der Waals surface area contributed by atoms with Gasteiger partial charge in [-0.25, -0.2) is 4.98 Å². The molecule has 0 aliphatic heterocycles. The van der Waals surface area contributed by atoms with Gasteiger partial charge in [-0.15, -0.1) is 0 Å². The van der Waals surface area contributed by atoms with E-state index in [0.717, 1.165) is 18.8 Å². The Balaban J connectivity index is 1.97. The predicted octanol–water partition coefficient (Wildman–Crippen LogP) is 3.49. The number of ether oxygens (including phenoxy) is 1. The molecule has 0 aliphatic carbocycles. The number of hydrogen-bond donors (Lipinski definition) is 1. The first-order valence-corrected chi connectivity index (χ1v) is 7.08. The van der Waals surface area contributed by atoms with Crippen LogP contribution in [0.2, 0.25) is 0 Å². The van der Waals surface area contributed by atoms with Crippen LogP contribution in [0.3, 0.4) is 0 Å². The van der Waals surface area contributed by atoms with E-state index in [1.807, 2.05) is 18.2 Å². The van der Waals surface area contributed by atoms with Gasteiger partial charge in [0.15, 0.2) is 0 Å². The molecule has 0 atom stereocenters. The minimum atomic E-state index is 0.564. The van der Waals surface area contributed by atoms with E-state index in [9.17, 15) is 0 Å². The Bertz CT molecular complexity index is 602. The summed E-state index contributed by atoms with van der Waals surface area (Å²) in [5, 5.41) is 12.0. The Labute approximate surface area is 125 Å². The molecule has 0 aliphatic rings. The number of benzene rings is 1. The van der Waals surface area contributed by atoms with Gasteiger partial charge in [0.1, 0.15) is 11.9 Å². The van der Waals surface area contributed by atoms with Crippen LogP contribution in [0.5, 0.6) is 0 Å². The number of rotatable bonds is 7. The Morgan fingerprint density at radius 1 is 1.19 bits per heavy atom. The van der Waals surface area contributed by atoms with Crippen LogP contribution >= 0.6 is 0 Å². The lowest BCUT2D eigenvalue weighted by molar-refractivity contribution is 0.121. The van der Waals surface area contributed by atoms with Crippen molar-refractivity contribution in [3.8, 4) is 6.07 Å². The maximum Gasteiger partial charge on any atom is 0.126 e. The fourth-order valence-corrected chi connectivity index (χ4v) is 1.95. The van der Waals surface area contributed by atoms with Crippen molar-refractivity contribution < 1.29 is 4.74 Å². The summed E-state index contributed by atoms with van der Waals surface area (Å²) in [7, 11) is 0. The molecule has 0 saturated carbocycles. The van der Waals surface area contributed by atoms with Crippen LogP contribution in [0.25, 0.3) is 0 Å². The van der Waals surface area contributed by atoms with Crippen LogP contribution in [-0.2, 0) is 17.9 Å². The van der Waals surface area contributed by atoms with Gasteiger partial charge in [0.05, 0.1) is 12.2 Å². The second kappa shape index (κ2) is 8.03. The molecule has 1 heterocycles. The van der Waals surface area contributed by atoms with Crippen molar-refractivity contribution in [2.24, 2.45) is 0 Å². The number of aromatic nitrogens is 1. The van der Waals surface area contributed by atoms with Crippen molar-refractivity contribution in [2.75, 3.05) is 11.9 Å². The van der Waals surface area contributed by atoms with Crippen LogP contribution in [-0.4, -0.2) is 11.6 Å². The van der Waals surface area contributed by atoms with E-state index in [-0.39, 0.29) is 0 Å². The third-order valence-electron chi connectivity index (χ3n) is 3.08. The number of nitriles is 1. The lowest BCUT2D eigenvalue weighted by Crippen LogP contribution is -2.05. The van der Waals surface area contributed by atoms with Crippen molar-refractivity contribution in [2.45, 2.75) is 26.5 Å². The number of nitrogens with one attached hydrogen (secondary N) is 1. The van der Waals surface area contributed by atoms with E-state index in [0.29, 0.717) is 18.7 Å². The zero-order valence-electron chi connectivity index (χ0n) is 12.2. The molecular formula is C17H19N3O. The highest BCUT2D eigenvalue weighted by Crippen LogP contribution is 2.13.